The maximum atomic E-state index is 11.3. The monoisotopic (exact) mass is 282 g/mol. The number of carbonyl (C=O) groups is 1. The van der Waals surface area contributed by atoms with E-state index in [0.29, 0.717) is 24.9 Å². The van der Waals surface area contributed by atoms with Crippen molar-refractivity contribution in [2.24, 2.45) is 0 Å². The average Bonchev–Trinajstić information content (AvgIpc) is 2.43. The SMILES string of the molecule is CNC(=O)CCN(C)c1nc(NC)nc(OC(C)C)n1. The van der Waals surface area contributed by atoms with Gasteiger partial charge in [0.25, 0.3) is 0 Å². The largest absolute Gasteiger partial charge is 0.461 e. The highest BCUT2D eigenvalue weighted by molar-refractivity contribution is 5.76. The summed E-state index contributed by atoms with van der Waals surface area (Å²) in [6.45, 7) is 4.31. The summed E-state index contributed by atoms with van der Waals surface area (Å²) in [6.07, 6.45) is 0.347. The van der Waals surface area contributed by atoms with Crippen LogP contribution in [0.5, 0.6) is 6.01 Å². The second-order valence-electron chi connectivity index (χ2n) is 4.50. The molecule has 8 nitrogen and oxygen atoms in total. The molecule has 8 heteroatoms. The number of hydrogen-bond acceptors (Lipinski definition) is 7. The van der Waals surface area contributed by atoms with Crippen molar-refractivity contribution < 1.29 is 9.53 Å². The van der Waals surface area contributed by atoms with E-state index in [1.54, 1.807) is 19.0 Å². The van der Waals surface area contributed by atoms with Crippen LogP contribution in [-0.4, -0.2) is 54.7 Å². The molecule has 0 saturated heterocycles. The van der Waals surface area contributed by atoms with Gasteiger partial charge in [-0.3, -0.25) is 4.79 Å². The van der Waals surface area contributed by atoms with Gasteiger partial charge in [0, 0.05) is 34.1 Å². The van der Waals surface area contributed by atoms with E-state index in [1.165, 1.54) is 0 Å². The molecule has 0 saturated carbocycles. The van der Waals surface area contributed by atoms with Gasteiger partial charge in [0.05, 0.1) is 6.10 Å². The van der Waals surface area contributed by atoms with Crippen molar-refractivity contribution in [1.82, 2.24) is 20.3 Å². The van der Waals surface area contributed by atoms with Gasteiger partial charge < -0.3 is 20.3 Å². The normalized spacial score (nSPS) is 10.3. The van der Waals surface area contributed by atoms with Crippen molar-refractivity contribution in [2.45, 2.75) is 26.4 Å². The highest BCUT2D eigenvalue weighted by atomic mass is 16.5. The molecular formula is C12H22N6O2. The number of nitrogens with zero attached hydrogens (tertiary/aromatic N) is 4. The molecule has 0 unspecified atom stereocenters. The van der Waals surface area contributed by atoms with Crippen molar-refractivity contribution >= 4 is 17.8 Å². The first-order chi connectivity index (χ1) is 9.46. The number of aromatic nitrogens is 3. The Morgan fingerprint density at radius 1 is 1.30 bits per heavy atom. The molecule has 1 aromatic heterocycles. The molecule has 2 N–H and O–H groups in total. The van der Waals surface area contributed by atoms with Gasteiger partial charge in [0.2, 0.25) is 17.8 Å². The number of anilines is 2. The van der Waals surface area contributed by atoms with Crippen LogP contribution in [0, 0.1) is 0 Å². The van der Waals surface area contributed by atoms with Gasteiger partial charge in [0.1, 0.15) is 0 Å². The Labute approximate surface area is 119 Å². The summed E-state index contributed by atoms with van der Waals surface area (Å²) in [6, 6.07) is 0.265. The van der Waals surface area contributed by atoms with Gasteiger partial charge in [-0.15, -0.1) is 0 Å². The van der Waals surface area contributed by atoms with Crippen molar-refractivity contribution in [1.29, 1.82) is 0 Å². The van der Waals surface area contributed by atoms with Gasteiger partial charge in [-0.25, -0.2) is 0 Å². The van der Waals surface area contributed by atoms with Crippen LogP contribution in [0.2, 0.25) is 0 Å². The maximum absolute atomic E-state index is 11.3. The number of hydrogen-bond donors (Lipinski definition) is 2. The fourth-order valence-corrected chi connectivity index (χ4v) is 1.39. The van der Waals surface area contributed by atoms with Crippen molar-refractivity contribution in [3.8, 4) is 6.01 Å². The summed E-state index contributed by atoms with van der Waals surface area (Å²) in [7, 11) is 5.15. The minimum Gasteiger partial charge on any atom is -0.461 e. The van der Waals surface area contributed by atoms with E-state index in [9.17, 15) is 4.79 Å². The Balaban J connectivity index is 2.83. The van der Waals surface area contributed by atoms with Crippen LogP contribution in [0.3, 0.4) is 0 Å². The number of amides is 1. The molecule has 20 heavy (non-hydrogen) atoms. The Morgan fingerprint density at radius 2 is 2.00 bits per heavy atom. The Bertz CT molecular complexity index is 452. The lowest BCUT2D eigenvalue weighted by Gasteiger charge is -2.18. The number of rotatable bonds is 7. The molecule has 1 heterocycles. The highest BCUT2D eigenvalue weighted by Crippen LogP contribution is 2.14. The lowest BCUT2D eigenvalue weighted by molar-refractivity contribution is -0.120. The summed E-state index contributed by atoms with van der Waals surface area (Å²) in [4.78, 5) is 25.6. The summed E-state index contributed by atoms with van der Waals surface area (Å²) < 4.78 is 5.49. The predicted octanol–water partition coefficient (Wildman–Crippen LogP) is 0.273. The molecule has 0 spiro atoms. The van der Waals surface area contributed by atoms with Crippen LogP contribution >= 0.6 is 0 Å². The lowest BCUT2D eigenvalue weighted by atomic mass is 10.4. The van der Waals surface area contributed by atoms with Crippen molar-refractivity contribution in [2.75, 3.05) is 37.9 Å². The van der Waals surface area contributed by atoms with Gasteiger partial charge in [-0.1, -0.05) is 0 Å². The average molecular weight is 282 g/mol. The van der Waals surface area contributed by atoms with Crippen LogP contribution in [0.15, 0.2) is 0 Å². The number of carbonyl (C=O) groups excluding carboxylic acids is 1. The molecule has 0 atom stereocenters. The molecule has 0 radical (unpaired) electrons. The molecule has 1 amide bonds. The number of ether oxygens (including phenoxy) is 1. The molecule has 0 bridgehead atoms. The zero-order chi connectivity index (χ0) is 15.1. The van der Waals surface area contributed by atoms with E-state index in [4.69, 9.17) is 4.74 Å². The second kappa shape index (κ2) is 7.46. The summed E-state index contributed by atoms with van der Waals surface area (Å²) in [5, 5.41) is 5.44. The molecule has 112 valence electrons. The number of nitrogens with one attached hydrogen (secondary N) is 2. The van der Waals surface area contributed by atoms with Gasteiger partial charge in [-0.05, 0) is 13.8 Å². The first-order valence-corrected chi connectivity index (χ1v) is 6.48. The lowest BCUT2D eigenvalue weighted by Crippen LogP contribution is -2.28. The van der Waals surface area contributed by atoms with E-state index in [2.05, 4.69) is 25.6 Å². The Morgan fingerprint density at radius 3 is 2.55 bits per heavy atom. The zero-order valence-corrected chi connectivity index (χ0v) is 12.6. The van der Waals surface area contributed by atoms with E-state index in [1.807, 2.05) is 20.9 Å². The minimum atomic E-state index is -0.0293. The van der Waals surface area contributed by atoms with E-state index in [-0.39, 0.29) is 18.0 Å². The molecule has 0 aromatic carbocycles. The van der Waals surface area contributed by atoms with Gasteiger partial charge in [-0.2, -0.15) is 15.0 Å². The molecule has 0 aliphatic heterocycles. The van der Waals surface area contributed by atoms with Gasteiger partial charge in [0.15, 0.2) is 0 Å². The van der Waals surface area contributed by atoms with Crippen LogP contribution in [-0.2, 0) is 4.79 Å². The molecule has 0 aliphatic rings. The van der Waals surface area contributed by atoms with E-state index < -0.39 is 0 Å². The van der Waals surface area contributed by atoms with Crippen LogP contribution in [0.1, 0.15) is 20.3 Å². The van der Waals surface area contributed by atoms with Crippen LogP contribution in [0.4, 0.5) is 11.9 Å². The quantitative estimate of drug-likeness (QED) is 0.741. The van der Waals surface area contributed by atoms with Gasteiger partial charge >= 0.3 is 6.01 Å². The van der Waals surface area contributed by atoms with E-state index >= 15 is 0 Å². The maximum Gasteiger partial charge on any atom is 0.323 e. The van der Waals surface area contributed by atoms with Crippen LogP contribution in [0.25, 0.3) is 0 Å². The fourth-order valence-electron chi connectivity index (χ4n) is 1.39. The third-order valence-corrected chi connectivity index (χ3v) is 2.46. The summed E-state index contributed by atoms with van der Waals surface area (Å²) in [5.74, 6) is 0.861. The topological polar surface area (TPSA) is 92.3 Å². The molecule has 1 rings (SSSR count). The summed E-state index contributed by atoms with van der Waals surface area (Å²) in [5.41, 5.74) is 0. The second-order valence-corrected chi connectivity index (χ2v) is 4.50. The minimum absolute atomic E-state index is 0.0221. The zero-order valence-electron chi connectivity index (χ0n) is 12.6. The first-order valence-electron chi connectivity index (χ1n) is 6.48. The smallest absolute Gasteiger partial charge is 0.323 e. The molecule has 0 aliphatic carbocycles. The Kier molecular flexibility index (Phi) is 5.95. The van der Waals surface area contributed by atoms with Crippen molar-refractivity contribution in [3.63, 3.8) is 0 Å². The highest BCUT2D eigenvalue weighted by Gasteiger charge is 2.12. The third-order valence-electron chi connectivity index (χ3n) is 2.46. The summed E-state index contributed by atoms with van der Waals surface area (Å²) >= 11 is 0. The molecule has 1 aromatic rings. The molecular weight excluding hydrogens is 260 g/mol. The standard InChI is InChI=1S/C12H22N6O2/c1-8(2)20-12-16-10(14-4)15-11(17-12)18(5)7-6-9(19)13-3/h8H,6-7H2,1-5H3,(H,13,19)(H,14,15,16,17). The first kappa shape index (κ1) is 15.9. The third kappa shape index (κ3) is 4.87. The Hall–Kier alpha value is -2.12. The fraction of sp³-hybridized carbons (Fsp3) is 0.667. The predicted molar refractivity (Wildman–Crippen MR) is 77.1 cm³/mol. The van der Waals surface area contributed by atoms with Crippen LogP contribution < -0.4 is 20.3 Å². The van der Waals surface area contributed by atoms with E-state index in [0.717, 1.165) is 0 Å². The molecule has 0 fully saturated rings. The van der Waals surface area contributed by atoms with Crippen molar-refractivity contribution in [3.05, 3.63) is 0 Å².